The number of methoxy groups -OCH3 is 1. The molecule has 11 nitrogen and oxygen atoms in total. The van der Waals surface area contributed by atoms with Crippen molar-refractivity contribution in [1.82, 2.24) is 20.4 Å². The minimum atomic E-state index is -0.954. The van der Waals surface area contributed by atoms with E-state index in [-0.39, 0.29) is 38.0 Å². The minimum Gasteiger partial charge on any atom is -0.497 e. The zero-order valence-electron chi connectivity index (χ0n) is 17.4. The Morgan fingerprint density at radius 3 is 2.81 bits per heavy atom. The van der Waals surface area contributed by atoms with Crippen molar-refractivity contribution in [3.05, 3.63) is 24.3 Å². The van der Waals surface area contributed by atoms with Crippen molar-refractivity contribution in [2.75, 3.05) is 45.2 Å². The van der Waals surface area contributed by atoms with Crippen molar-refractivity contribution >= 4 is 29.4 Å². The van der Waals surface area contributed by atoms with Crippen LogP contribution in [0.3, 0.4) is 0 Å². The number of nitrogens with zero attached hydrogens (tertiary/aromatic N) is 2. The van der Waals surface area contributed by atoms with Gasteiger partial charge in [0.05, 0.1) is 20.2 Å². The molecule has 2 aliphatic heterocycles. The highest BCUT2D eigenvalue weighted by Crippen LogP contribution is 2.19. The molecule has 0 aromatic heterocycles. The van der Waals surface area contributed by atoms with Gasteiger partial charge in [-0.2, -0.15) is 0 Å². The van der Waals surface area contributed by atoms with Crippen molar-refractivity contribution in [3.63, 3.8) is 0 Å². The number of carbonyl (C=O) groups is 4. The summed E-state index contributed by atoms with van der Waals surface area (Å²) in [5.41, 5.74) is 5.98. The lowest BCUT2D eigenvalue weighted by Gasteiger charge is -2.40. The number of piperazine rings is 1. The second kappa shape index (κ2) is 10.1. The van der Waals surface area contributed by atoms with Crippen LogP contribution in [0.5, 0.6) is 5.75 Å². The molecule has 11 heteroatoms. The van der Waals surface area contributed by atoms with Crippen molar-refractivity contribution in [2.45, 2.75) is 24.9 Å². The van der Waals surface area contributed by atoms with Crippen LogP contribution >= 0.6 is 0 Å². The Kier molecular flexibility index (Phi) is 7.29. The standard InChI is InChI=1S/C20H28N6O5/c1-31-14-5-2-4-13(10-14)23-20(30)26-9-8-25(17(27)11-21)12-16(26)19(29)24-15-6-3-7-22-18(15)28/h2,4-5,10,15-16H,3,6-9,11-12,21H2,1H3,(H,22,28)(H,23,30)(H,24,29). The van der Waals surface area contributed by atoms with Gasteiger partial charge in [-0.3, -0.25) is 14.4 Å². The Morgan fingerprint density at radius 2 is 2.10 bits per heavy atom. The molecule has 1 aromatic carbocycles. The molecule has 0 spiro atoms. The van der Waals surface area contributed by atoms with Gasteiger partial charge in [-0.25, -0.2) is 4.79 Å². The van der Waals surface area contributed by atoms with Gasteiger partial charge in [-0.1, -0.05) is 6.07 Å². The van der Waals surface area contributed by atoms with E-state index in [0.29, 0.717) is 24.4 Å². The van der Waals surface area contributed by atoms with E-state index in [9.17, 15) is 19.2 Å². The first-order valence-electron chi connectivity index (χ1n) is 10.2. The summed E-state index contributed by atoms with van der Waals surface area (Å²) < 4.78 is 5.17. The third-order valence-electron chi connectivity index (χ3n) is 5.39. The number of anilines is 1. The zero-order chi connectivity index (χ0) is 22.4. The highest BCUT2D eigenvalue weighted by atomic mass is 16.5. The third-order valence-corrected chi connectivity index (χ3v) is 5.39. The fourth-order valence-electron chi connectivity index (χ4n) is 3.68. The number of carbonyl (C=O) groups excluding carboxylic acids is 4. The molecule has 168 valence electrons. The van der Waals surface area contributed by atoms with Gasteiger partial charge in [0.1, 0.15) is 17.8 Å². The van der Waals surface area contributed by atoms with E-state index in [1.807, 2.05) is 0 Å². The first-order valence-corrected chi connectivity index (χ1v) is 10.2. The Morgan fingerprint density at radius 1 is 1.29 bits per heavy atom. The normalized spacial score (nSPS) is 21.2. The Bertz CT molecular complexity index is 847. The summed E-state index contributed by atoms with van der Waals surface area (Å²) in [7, 11) is 1.52. The molecule has 2 atom stereocenters. The summed E-state index contributed by atoms with van der Waals surface area (Å²) >= 11 is 0. The lowest BCUT2D eigenvalue weighted by Crippen LogP contribution is -2.64. The topological polar surface area (TPSA) is 146 Å². The highest BCUT2D eigenvalue weighted by Gasteiger charge is 2.38. The molecule has 0 aliphatic carbocycles. The molecule has 5 amide bonds. The van der Waals surface area contributed by atoms with Crippen LogP contribution in [0.1, 0.15) is 12.8 Å². The van der Waals surface area contributed by atoms with Gasteiger partial charge in [0.15, 0.2) is 0 Å². The van der Waals surface area contributed by atoms with Crippen LogP contribution in [0.25, 0.3) is 0 Å². The van der Waals surface area contributed by atoms with Gasteiger partial charge < -0.3 is 36.2 Å². The van der Waals surface area contributed by atoms with Gasteiger partial charge in [-0.05, 0) is 25.0 Å². The van der Waals surface area contributed by atoms with Crippen LogP contribution in [0.15, 0.2) is 24.3 Å². The second-order valence-corrected chi connectivity index (χ2v) is 7.41. The molecular formula is C20H28N6O5. The van der Waals surface area contributed by atoms with Crippen LogP contribution in [-0.4, -0.2) is 85.5 Å². The van der Waals surface area contributed by atoms with E-state index in [1.54, 1.807) is 24.3 Å². The van der Waals surface area contributed by atoms with E-state index in [1.165, 1.54) is 16.9 Å². The highest BCUT2D eigenvalue weighted by molar-refractivity contribution is 5.96. The number of piperidine rings is 1. The number of hydrogen-bond donors (Lipinski definition) is 4. The molecule has 2 fully saturated rings. The molecule has 0 bridgehead atoms. The first kappa shape index (κ1) is 22.3. The van der Waals surface area contributed by atoms with Crippen LogP contribution in [-0.2, 0) is 14.4 Å². The molecular weight excluding hydrogens is 404 g/mol. The maximum atomic E-state index is 13.0. The van der Waals surface area contributed by atoms with Gasteiger partial charge in [0.25, 0.3) is 0 Å². The van der Waals surface area contributed by atoms with Gasteiger partial charge >= 0.3 is 6.03 Å². The molecule has 2 aliphatic rings. The van der Waals surface area contributed by atoms with Crippen LogP contribution in [0.2, 0.25) is 0 Å². The van der Waals surface area contributed by atoms with E-state index < -0.39 is 24.0 Å². The van der Waals surface area contributed by atoms with E-state index >= 15 is 0 Å². The average Bonchev–Trinajstić information content (AvgIpc) is 2.79. The Balaban J connectivity index is 1.75. The molecule has 1 aromatic rings. The molecule has 2 unspecified atom stereocenters. The number of amides is 5. The SMILES string of the molecule is COc1cccc(NC(=O)N2CCN(C(=O)CN)CC2C(=O)NC2CCCNC2=O)c1. The minimum absolute atomic E-state index is 0.00172. The summed E-state index contributed by atoms with van der Waals surface area (Å²) in [6.07, 6.45) is 1.27. The molecule has 2 heterocycles. The van der Waals surface area contributed by atoms with E-state index in [0.717, 1.165) is 6.42 Å². The largest absolute Gasteiger partial charge is 0.497 e. The average molecular weight is 432 g/mol. The molecule has 2 saturated heterocycles. The molecule has 3 rings (SSSR count). The molecule has 0 radical (unpaired) electrons. The first-order chi connectivity index (χ1) is 14.9. The summed E-state index contributed by atoms with van der Waals surface area (Å²) in [4.78, 5) is 53.0. The number of nitrogens with two attached hydrogens (primary N) is 1. The maximum absolute atomic E-state index is 13.0. The monoisotopic (exact) mass is 432 g/mol. The number of hydrogen-bond acceptors (Lipinski definition) is 6. The molecule has 5 N–H and O–H groups in total. The van der Waals surface area contributed by atoms with Crippen LogP contribution < -0.4 is 26.4 Å². The third kappa shape index (κ3) is 5.43. The van der Waals surface area contributed by atoms with Crippen LogP contribution in [0, 0.1) is 0 Å². The number of nitrogens with one attached hydrogen (secondary N) is 3. The smallest absolute Gasteiger partial charge is 0.322 e. The van der Waals surface area contributed by atoms with Gasteiger partial charge in [0, 0.05) is 31.4 Å². The van der Waals surface area contributed by atoms with E-state index in [2.05, 4.69) is 16.0 Å². The Labute approximate surface area is 180 Å². The lowest BCUT2D eigenvalue weighted by molar-refractivity contribution is -0.138. The van der Waals surface area contributed by atoms with Crippen molar-refractivity contribution in [1.29, 1.82) is 0 Å². The van der Waals surface area contributed by atoms with Crippen LogP contribution in [0.4, 0.5) is 10.5 Å². The zero-order valence-corrected chi connectivity index (χ0v) is 17.4. The van der Waals surface area contributed by atoms with Gasteiger partial charge in [-0.15, -0.1) is 0 Å². The maximum Gasteiger partial charge on any atom is 0.322 e. The fourth-order valence-corrected chi connectivity index (χ4v) is 3.68. The van der Waals surface area contributed by atoms with Crippen molar-refractivity contribution in [2.24, 2.45) is 5.73 Å². The number of ether oxygens (including phenoxy) is 1. The summed E-state index contributed by atoms with van der Waals surface area (Å²) in [5.74, 6) is -0.468. The summed E-state index contributed by atoms with van der Waals surface area (Å²) in [5, 5.41) is 8.20. The fraction of sp³-hybridized carbons (Fsp3) is 0.500. The lowest BCUT2D eigenvalue weighted by atomic mass is 10.1. The predicted molar refractivity (Wildman–Crippen MR) is 112 cm³/mol. The number of benzene rings is 1. The van der Waals surface area contributed by atoms with Crippen molar-refractivity contribution in [3.8, 4) is 5.75 Å². The van der Waals surface area contributed by atoms with Crippen molar-refractivity contribution < 1.29 is 23.9 Å². The Hall–Kier alpha value is -3.34. The second-order valence-electron chi connectivity index (χ2n) is 7.41. The quantitative estimate of drug-likeness (QED) is 0.474. The van der Waals surface area contributed by atoms with E-state index in [4.69, 9.17) is 10.5 Å². The van der Waals surface area contributed by atoms with Gasteiger partial charge in [0.2, 0.25) is 17.7 Å². The molecule has 0 saturated carbocycles. The summed E-state index contributed by atoms with van der Waals surface area (Å²) in [6, 6.07) is 4.75. The summed E-state index contributed by atoms with van der Waals surface area (Å²) in [6.45, 7) is 0.797. The predicted octanol–water partition coefficient (Wildman–Crippen LogP) is -0.907. The number of rotatable bonds is 5. The molecule has 31 heavy (non-hydrogen) atoms. The number of urea groups is 1.